The quantitative estimate of drug-likeness (QED) is 0.656. The highest BCUT2D eigenvalue weighted by atomic mass is 16.1. The molecule has 0 unspecified atom stereocenters. The van der Waals surface area contributed by atoms with E-state index in [2.05, 4.69) is 9.97 Å². The molecule has 0 aliphatic rings. The van der Waals surface area contributed by atoms with Gasteiger partial charge in [0.25, 0.3) is 0 Å². The van der Waals surface area contributed by atoms with E-state index in [1.54, 1.807) is 18.2 Å². The topological polar surface area (TPSA) is 69.5 Å². The van der Waals surface area contributed by atoms with Gasteiger partial charge in [0.15, 0.2) is 0 Å². The van der Waals surface area contributed by atoms with E-state index in [4.69, 9.17) is 5.26 Å². The number of rotatable bonds is 1. The number of aromatic amines is 1. The van der Waals surface area contributed by atoms with Gasteiger partial charge in [0.2, 0.25) is 5.82 Å². The van der Waals surface area contributed by atoms with Gasteiger partial charge in [-0.05, 0) is 18.2 Å². The first-order valence-electron chi connectivity index (χ1n) is 3.68. The number of imidazole rings is 1. The van der Waals surface area contributed by atoms with Gasteiger partial charge in [-0.25, -0.2) is 4.98 Å². The van der Waals surface area contributed by atoms with E-state index in [1.807, 2.05) is 6.07 Å². The monoisotopic (exact) mass is 171 g/mol. The second-order valence-electron chi connectivity index (χ2n) is 2.59. The third kappa shape index (κ3) is 1.16. The molecule has 0 bridgehead atoms. The maximum atomic E-state index is 10.4. The number of hydrogen-bond donors (Lipinski definition) is 1. The van der Waals surface area contributed by atoms with E-state index in [-0.39, 0.29) is 5.82 Å². The van der Waals surface area contributed by atoms with Crippen molar-refractivity contribution in [2.45, 2.75) is 0 Å². The molecule has 0 aliphatic heterocycles. The molecule has 0 atom stereocenters. The first-order valence-corrected chi connectivity index (χ1v) is 3.68. The lowest BCUT2D eigenvalue weighted by Gasteiger charge is -1.88. The Morgan fingerprint density at radius 3 is 3.08 bits per heavy atom. The number of nitrogens with zero attached hydrogens (tertiary/aromatic N) is 2. The SMILES string of the molecule is N#Cc1nc2ccc(C=O)cc2[nH]1. The van der Waals surface area contributed by atoms with Crippen LogP contribution in [0.1, 0.15) is 16.2 Å². The van der Waals surface area contributed by atoms with E-state index in [9.17, 15) is 4.79 Å². The lowest BCUT2D eigenvalue weighted by atomic mass is 10.2. The molecule has 1 aromatic carbocycles. The van der Waals surface area contributed by atoms with Crippen molar-refractivity contribution in [2.24, 2.45) is 0 Å². The second kappa shape index (κ2) is 2.72. The zero-order chi connectivity index (χ0) is 9.26. The Kier molecular flexibility index (Phi) is 1.57. The van der Waals surface area contributed by atoms with Gasteiger partial charge in [0, 0.05) is 5.56 Å². The summed E-state index contributed by atoms with van der Waals surface area (Å²) in [5.41, 5.74) is 1.98. The Morgan fingerprint density at radius 1 is 1.54 bits per heavy atom. The van der Waals surface area contributed by atoms with Crippen LogP contribution in [0.15, 0.2) is 18.2 Å². The van der Waals surface area contributed by atoms with Crippen molar-refractivity contribution in [3.05, 3.63) is 29.6 Å². The predicted molar refractivity (Wildman–Crippen MR) is 46.2 cm³/mol. The Hall–Kier alpha value is -2.15. The normalized spacial score (nSPS) is 9.77. The Morgan fingerprint density at radius 2 is 2.38 bits per heavy atom. The van der Waals surface area contributed by atoms with Crippen LogP contribution in [-0.4, -0.2) is 16.3 Å². The summed E-state index contributed by atoms with van der Waals surface area (Å²) in [6, 6.07) is 6.93. The summed E-state index contributed by atoms with van der Waals surface area (Å²) < 4.78 is 0. The van der Waals surface area contributed by atoms with Crippen LogP contribution in [0.5, 0.6) is 0 Å². The molecule has 1 aromatic heterocycles. The number of aromatic nitrogens is 2. The molecule has 1 heterocycles. The second-order valence-corrected chi connectivity index (χ2v) is 2.59. The number of fused-ring (bicyclic) bond motifs is 1. The summed E-state index contributed by atoms with van der Waals surface area (Å²) >= 11 is 0. The Bertz CT molecular complexity index is 507. The average molecular weight is 171 g/mol. The first kappa shape index (κ1) is 7.50. The van der Waals surface area contributed by atoms with E-state index >= 15 is 0 Å². The van der Waals surface area contributed by atoms with Crippen LogP contribution in [0.4, 0.5) is 0 Å². The van der Waals surface area contributed by atoms with Crippen LogP contribution in [-0.2, 0) is 0 Å². The van der Waals surface area contributed by atoms with E-state index in [0.717, 1.165) is 6.29 Å². The number of nitriles is 1. The molecule has 1 N–H and O–H groups in total. The number of hydrogen-bond acceptors (Lipinski definition) is 3. The molecule has 62 valence electrons. The van der Waals surface area contributed by atoms with Crippen LogP contribution >= 0.6 is 0 Å². The third-order valence-electron chi connectivity index (χ3n) is 1.75. The van der Waals surface area contributed by atoms with E-state index in [1.165, 1.54) is 0 Å². The Labute approximate surface area is 73.8 Å². The molecule has 4 heteroatoms. The minimum absolute atomic E-state index is 0.262. The van der Waals surface area contributed by atoms with Crippen molar-refractivity contribution in [2.75, 3.05) is 0 Å². The Balaban J connectivity index is 2.72. The first-order chi connectivity index (χ1) is 6.33. The number of nitrogens with one attached hydrogen (secondary N) is 1. The van der Waals surface area contributed by atoms with Crippen molar-refractivity contribution < 1.29 is 4.79 Å². The third-order valence-corrected chi connectivity index (χ3v) is 1.75. The van der Waals surface area contributed by atoms with Crippen molar-refractivity contribution >= 4 is 17.3 Å². The highest BCUT2D eigenvalue weighted by Crippen LogP contribution is 2.11. The maximum absolute atomic E-state index is 10.4. The smallest absolute Gasteiger partial charge is 0.211 e. The van der Waals surface area contributed by atoms with Gasteiger partial charge >= 0.3 is 0 Å². The molecule has 0 aliphatic carbocycles. The van der Waals surface area contributed by atoms with Gasteiger partial charge in [-0.1, -0.05) is 0 Å². The minimum atomic E-state index is 0.262. The molecule has 0 radical (unpaired) electrons. The molecule has 0 amide bonds. The summed E-state index contributed by atoms with van der Waals surface area (Å²) in [6.45, 7) is 0. The molecule has 4 nitrogen and oxygen atoms in total. The summed E-state index contributed by atoms with van der Waals surface area (Å²) in [7, 11) is 0. The van der Waals surface area contributed by atoms with Crippen LogP contribution in [0.3, 0.4) is 0 Å². The largest absolute Gasteiger partial charge is 0.329 e. The van der Waals surface area contributed by atoms with Gasteiger partial charge in [-0.15, -0.1) is 0 Å². The fraction of sp³-hybridized carbons (Fsp3) is 0. The molecule has 2 aromatic rings. The molecule has 13 heavy (non-hydrogen) atoms. The summed E-state index contributed by atoms with van der Waals surface area (Å²) in [4.78, 5) is 17.2. The molecule has 0 saturated heterocycles. The van der Waals surface area contributed by atoms with Crippen LogP contribution in [0.2, 0.25) is 0 Å². The highest BCUT2D eigenvalue weighted by molar-refractivity contribution is 5.84. The van der Waals surface area contributed by atoms with Crippen LogP contribution in [0, 0.1) is 11.3 Å². The molecular formula is C9H5N3O. The lowest BCUT2D eigenvalue weighted by Crippen LogP contribution is -1.77. The van der Waals surface area contributed by atoms with Crippen LogP contribution in [0.25, 0.3) is 11.0 Å². The minimum Gasteiger partial charge on any atom is -0.329 e. The van der Waals surface area contributed by atoms with Gasteiger partial charge in [-0.3, -0.25) is 4.79 Å². The van der Waals surface area contributed by atoms with Gasteiger partial charge in [-0.2, -0.15) is 5.26 Å². The predicted octanol–water partition coefficient (Wildman–Crippen LogP) is 1.25. The van der Waals surface area contributed by atoms with Crippen LogP contribution < -0.4 is 0 Å². The molecule has 0 spiro atoms. The van der Waals surface area contributed by atoms with E-state index < -0.39 is 0 Å². The summed E-state index contributed by atoms with van der Waals surface area (Å²) in [5.74, 6) is 0.262. The van der Waals surface area contributed by atoms with Crippen molar-refractivity contribution in [1.82, 2.24) is 9.97 Å². The fourth-order valence-corrected chi connectivity index (χ4v) is 1.15. The van der Waals surface area contributed by atoms with Crippen molar-refractivity contribution in [3.8, 4) is 6.07 Å². The molecule has 2 rings (SSSR count). The number of H-pyrrole nitrogens is 1. The van der Waals surface area contributed by atoms with Gasteiger partial charge < -0.3 is 4.98 Å². The summed E-state index contributed by atoms with van der Waals surface area (Å²) in [5, 5.41) is 8.55. The number of carbonyl (C=O) groups is 1. The summed E-state index contributed by atoms with van der Waals surface area (Å²) in [6.07, 6.45) is 0.756. The van der Waals surface area contributed by atoms with Crippen molar-refractivity contribution in [3.63, 3.8) is 0 Å². The number of carbonyl (C=O) groups excluding carboxylic acids is 1. The highest BCUT2D eigenvalue weighted by Gasteiger charge is 2.01. The average Bonchev–Trinajstić information content (AvgIpc) is 2.58. The van der Waals surface area contributed by atoms with Gasteiger partial charge in [0.05, 0.1) is 11.0 Å². The van der Waals surface area contributed by atoms with E-state index in [0.29, 0.717) is 16.6 Å². The molecule has 0 saturated carbocycles. The lowest BCUT2D eigenvalue weighted by molar-refractivity contribution is 0.112. The maximum Gasteiger partial charge on any atom is 0.211 e. The standard InChI is InChI=1S/C9H5N3O/c10-4-9-11-7-2-1-6(5-13)3-8(7)12-9/h1-3,5H,(H,11,12). The zero-order valence-corrected chi connectivity index (χ0v) is 6.61. The number of benzene rings is 1. The number of aldehydes is 1. The van der Waals surface area contributed by atoms with Gasteiger partial charge in [0.1, 0.15) is 12.4 Å². The zero-order valence-electron chi connectivity index (χ0n) is 6.61. The molecule has 0 fully saturated rings. The molecular weight excluding hydrogens is 166 g/mol. The fourth-order valence-electron chi connectivity index (χ4n) is 1.15. The van der Waals surface area contributed by atoms with Crippen molar-refractivity contribution in [1.29, 1.82) is 5.26 Å².